The minimum Gasteiger partial charge on any atom is -0.490 e. The minimum atomic E-state index is -0.773. The Balaban J connectivity index is 1.71. The molecule has 3 rings (SSSR count). The maximum absolute atomic E-state index is 12.4. The van der Waals surface area contributed by atoms with Crippen LogP contribution >= 0.6 is 11.8 Å². The van der Waals surface area contributed by atoms with Crippen molar-refractivity contribution < 1.29 is 28.7 Å². The number of nitrogens with one attached hydrogen (secondary N) is 1. The van der Waals surface area contributed by atoms with Gasteiger partial charge in [-0.25, -0.2) is 0 Å². The Morgan fingerprint density at radius 2 is 1.91 bits per heavy atom. The Kier molecular flexibility index (Phi) is 7.73. The van der Waals surface area contributed by atoms with E-state index in [2.05, 4.69) is 5.32 Å². The van der Waals surface area contributed by atoms with E-state index in [0.29, 0.717) is 29.4 Å². The van der Waals surface area contributed by atoms with Crippen molar-refractivity contribution in [3.05, 3.63) is 58.5 Å². The number of aryl methyl sites for hydroxylation is 1. The van der Waals surface area contributed by atoms with Crippen LogP contribution in [0.4, 0.5) is 10.5 Å². The zero-order valence-corrected chi connectivity index (χ0v) is 18.9. The highest BCUT2D eigenvalue weighted by Crippen LogP contribution is 2.34. The second-order valence-corrected chi connectivity index (χ2v) is 8.07. The Bertz CT molecular complexity index is 1130. The summed E-state index contributed by atoms with van der Waals surface area (Å²) in [4.78, 5) is 48.7. The number of nitrogens with zero attached hydrogens (tertiary/aromatic N) is 1. The number of rotatable bonds is 9. The first kappa shape index (κ1) is 23.9. The SMILES string of the molecule is CCOc1cc(/C=C2\SC(=O)N(CC(N)=O)C2=O)ccc1OCC(=O)Nc1cccc(C)c1. The molecule has 2 aromatic carbocycles. The lowest BCUT2D eigenvalue weighted by Gasteiger charge is -2.13. The van der Waals surface area contributed by atoms with Crippen molar-refractivity contribution in [2.75, 3.05) is 25.1 Å². The van der Waals surface area contributed by atoms with Gasteiger partial charge in [-0.05, 0) is 67.1 Å². The summed E-state index contributed by atoms with van der Waals surface area (Å²) in [6, 6.07) is 12.3. The molecule has 0 radical (unpaired) electrons. The average molecular weight is 470 g/mol. The number of benzene rings is 2. The highest BCUT2D eigenvalue weighted by molar-refractivity contribution is 8.18. The van der Waals surface area contributed by atoms with Crippen LogP contribution in [0.5, 0.6) is 11.5 Å². The molecule has 4 amide bonds. The first-order valence-corrected chi connectivity index (χ1v) is 10.9. The van der Waals surface area contributed by atoms with Crippen LogP contribution in [0.2, 0.25) is 0 Å². The molecule has 0 atom stereocenters. The predicted molar refractivity (Wildman–Crippen MR) is 125 cm³/mol. The number of carbonyl (C=O) groups is 4. The molecule has 0 bridgehead atoms. The second-order valence-electron chi connectivity index (χ2n) is 7.08. The summed E-state index contributed by atoms with van der Waals surface area (Å²) < 4.78 is 11.2. The van der Waals surface area contributed by atoms with Crippen LogP contribution in [0.15, 0.2) is 47.4 Å². The van der Waals surface area contributed by atoms with Crippen molar-refractivity contribution in [2.24, 2.45) is 5.73 Å². The zero-order valence-electron chi connectivity index (χ0n) is 18.1. The van der Waals surface area contributed by atoms with Crippen LogP contribution in [0.1, 0.15) is 18.1 Å². The summed E-state index contributed by atoms with van der Waals surface area (Å²) in [5, 5.41) is 2.21. The van der Waals surface area contributed by atoms with Gasteiger partial charge in [-0.15, -0.1) is 0 Å². The molecule has 1 aliphatic heterocycles. The summed E-state index contributed by atoms with van der Waals surface area (Å²) in [6.07, 6.45) is 1.52. The van der Waals surface area contributed by atoms with Gasteiger partial charge in [-0.1, -0.05) is 18.2 Å². The van der Waals surface area contributed by atoms with Crippen molar-refractivity contribution in [1.29, 1.82) is 0 Å². The topological polar surface area (TPSA) is 128 Å². The van der Waals surface area contributed by atoms with Crippen LogP contribution in [0.3, 0.4) is 0 Å². The van der Waals surface area contributed by atoms with Gasteiger partial charge in [0.2, 0.25) is 5.91 Å². The lowest BCUT2D eigenvalue weighted by molar-refractivity contribution is -0.127. The Labute approximate surface area is 194 Å². The van der Waals surface area contributed by atoms with Gasteiger partial charge in [0.25, 0.3) is 17.1 Å². The van der Waals surface area contributed by atoms with E-state index in [-0.39, 0.29) is 17.4 Å². The minimum absolute atomic E-state index is 0.162. The van der Waals surface area contributed by atoms with E-state index < -0.39 is 23.6 Å². The molecule has 172 valence electrons. The van der Waals surface area contributed by atoms with Gasteiger partial charge < -0.3 is 20.5 Å². The Morgan fingerprint density at radius 1 is 1.12 bits per heavy atom. The van der Waals surface area contributed by atoms with Crippen molar-refractivity contribution >= 4 is 46.5 Å². The maximum atomic E-state index is 12.4. The highest BCUT2D eigenvalue weighted by Gasteiger charge is 2.35. The van der Waals surface area contributed by atoms with E-state index in [0.717, 1.165) is 22.2 Å². The number of imide groups is 1. The number of hydrogen-bond acceptors (Lipinski definition) is 7. The monoisotopic (exact) mass is 469 g/mol. The van der Waals surface area contributed by atoms with E-state index in [1.54, 1.807) is 31.2 Å². The second kappa shape index (κ2) is 10.7. The summed E-state index contributed by atoms with van der Waals surface area (Å²) in [7, 11) is 0. The van der Waals surface area contributed by atoms with Gasteiger partial charge in [0.1, 0.15) is 6.54 Å². The molecule has 3 N–H and O–H groups in total. The average Bonchev–Trinajstić information content (AvgIpc) is 3.00. The fourth-order valence-corrected chi connectivity index (χ4v) is 3.85. The lowest BCUT2D eigenvalue weighted by atomic mass is 10.2. The largest absolute Gasteiger partial charge is 0.490 e. The molecule has 0 aliphatic carbocycles. The van der Waals surface area contributed by atoms with Crippen LogP contribution < -0.4 is 20.5 Å². The number of anilines is 1. The number of thioether (sulfide) groups is 1. The summed E-state index contributed by atoms with van der Waals surface area (Å²) >= 11 is 0.724. The van der Waals surface area contributed by atoms with Gasteiger partial charge >= 0.3 is 0 Å². The van der Waals surface area contributed by atoms with Gasteiger partial charge in [-0.2, -0.15) is 0 Å². The number of carbonyl (C=O) groups excluding carboxylic acids is 4. The molecule has 1 saturated heterocycles. The molecule has 1 heterocycles. The standard InChI is InChI=1S/C23H23N3O6S/c1-3-31-18-10-15(11-19-22(29)26(12-20(24)27)23(30)33-19)7-8-17(18)32-13-21(28)25-16-6-4-5-14(2)9-16/h4-11H,3,12-13H2,1-2H3,(H2,24,27)(H,25,28)/b19-11-. The zero-order chi connectivity index (χ0) is 24.0. The lowest BCUT2D eigenvalue weighted by Crippen LogP contribution is -2.36. The third kappa shape index (κ3) is 6.36. The smallest absolute Gasteiger partial charge is 0.294 e. The molecule has 0 unspecified atom stereocenters. The fraction of sp³-hybridized carbons (Fsp3) is 0.217. The van der Waals surface area contributed by atoms with Gasteiger partial charge in [-0.3, -0.25) is 24.1 Å². The number of nitrogens with two attached hydrogens (primary N) is 1. The number of hydrogen-bond donors (Lipinski definition) is 2. The van der Waals surface area contributed by atoms with E-state index >= 15 is 0 Å². The first-order valence-electron chi connectivity index (χ1n) is 10.1. The van der Waals surface area contributed by atoms with E-state index in [9.17, 15) is 19.2 Å². The highest BCUT2D eigenvalue weighted by atomic mass is 32.2. The van der Waals surface area contributed by atoms with Crippen LogP contribution in [0, 0.1) is 6.92 Å². The van der Waals surface area contributed by atoms with Gasteiger partial charge in [0, 0.05) is 5.69 Å². The molecule has 2 aromatic rings. The molecule has 0 aromatic heterocycles. The van der Waals surface area contributed by atoms with Crippen LogP contribution in [-0.2, 0) is 14.4 Å². The summed E-state index contributed by atoms with van der Waals surface area (Å²) in [6.45, 7) is 3.39. The predicted octanol–water partition coefficient (Wildman–Crippen LogP) is 2.93. The fourth-order valence-electron chi connectivity index (χ4n) is 3.01. The molecule has 10 heteroatoms. The van der Waals surface area contributed by atoms with Crippen LogP contribution in [-0.4, -0.2) is 47.6 Å². The Hall–Kier alpha value is -3.79. The Morgan fingerprint density at radius 3 is 2.61 bits per heavy atom. The quantitative estimate of drug-likeness (QED) is 0.540. The van der Waals surface area contributed by atoms with Gasteiger partial charge in [0.15, 0.2) is 18.1 Å². The normalized spacial score (nSPS) is 14.5. The molecule has 33 heavy (non-hydrogen) atoms. The molecular formula is C23H23N3O6S. The number of amides is 4. The maximum Gasteiger partial charge on any atom is 0.294 e. The molecular weight excluding hydrogens is 446 g/mol. The van der Waals surface area contributed by atoms with Crippen molar-refractivity contribution in [3.8, 4) is 11.5 Å². The summed E-state index contributed by atoms with van der Waals surface area (Å²) in [5.41, 5.74) is 7.37. The van der Waals surface area contributed by atoms with E-state index in [1.807, 2.05) is 25.1 Å². The third-order valence-corrected chi connectivity index (χ3v) is 5.32. The third-order valence-electron chi connectivity index (χ3n) is 4.41. The first-order chi connectivity index (χ1) is 15.8. The molecule has 9 nitrogen and oxygen atoms in total. The van der Waals surface area contributed by atoms with Crippen molar-refractivity contribution in [3.63, 3.8) is 0 Å². The van der Waals surface area contributed by atoms with E-state index in [1.165, 1.54) is 6.08 Å². The molecule has 0 spiro atoms. The number of ether oxygens (including phenoxy) is 2. The van der Waals surface area contributed by atoms with Crippen molar-refractivity contribution in [2.45, 2.75) is 13.8 Å². The van der Waals surface area contributed by atoms with E-state index in [4.69, 9.17) is 15.2 Å². The molecule has 1 aliphatic rings. The molecule has 1 fully saturated rings. The molecule has 0 saturated carbocycles. The summed E-state index contributed by atoms with van der Waals surface area (Å²) in [5.74, 6) is -0.948. The van der Waals surface area contributed by atoms with Crippen molar-refractivity contribution in [1.82, 2.24) is 4.90 Å². The van der Waals surface area contributed by atoms with Gasteiger partial charge in [0.05, 0.1) is 11.5 Å². The van der Waals surface area contributed by atoms with Crippen LogP contribution in [0.25, 0.3) is 6.08 Å². The number of primary amides is 1.